The molecule has 9 heteroatoms. The van der Waals surface area contributed by atoms with Crippen molar-refractivity contribution in [2.75, 3.05) is 26.2 Å². The maximum absolute atomic E-state index is 13.9. The minimum Gasteiger partial charge on any atom is -0.340 e. The van der Waals surface area contributed by atoms with Crippen molar-refractivity contribution in [3.8, 4) is 0 Å². The molecular formula is C20H19ClF2N2O3S. The molecule has 0 spiro atoms. The van der Waals surface area contributed by atoms with Crippen LogP contribution in [0.25, 0.3) is 0 Å². The first-order chi connectivity index (χ1) is 13.8. The molecule has 4 rings (SSSR count). The number of benzene rings is 2. The Labute approximate surface area is 172 Å². The molecule has 2 aromatic carbocycles. The molecule has 1 aliphatic heterocycles. The molecule has 154 valence electrons. The number of rotatable bonds is 4. The van der Waals surface area contributed by atoms with Gasteiger partial charge in [-0.3, -0.25) is 4.79 Å². The Bertz CT molecular complexity index is 1060. The molecule has 5 nitrogen and oxygen atoms in total. The average Bonchev–Trinajstić information content (AvgIpc) is 3.50. The Hall–Kier alpha value is -2.03. The van der Waals surface area contributed by atoms with Gasteiger partial charge in [0.1, 0.15) is 16.5 Å². The lowest BCUT2D eigenvalue weighted by atomic mass is 10.1. The van der Waals surface area contributed by atoms with E-state index in [0.29, 0.717) is 11.1 Å². The molecule has 2 unspecified atom stereocenters. The van der Waals surface area contributed by atoms with Crippen molar-refractivity contribution >= 4 is 27.5 Å². The summed E-state index contributed by atoms with van der Waals surface area (Å²) in [7, 11) is -4.17. The number of carbonyl (C=O) groups excluding carboxylic acids is 1. The van der Waals surface area contributed by atoms with Crippen molar-refractivity contribution in [2.45, 2.75) is 17.2 Å². The molecule has 0 bridgehead atoms. The average molecular weight is 441 g/mol. The molecule has 1 amide bonds. The highest BCUT2D eigenvalue weighted by molar-refractivity contribution is 7.89. The third kappa shape index (κ3) is 3.89. The quantitative estimate of drug-likeness (QED) is 0.733. The normalized spacial score (nSPS) is 22.5. The zero-order valence-electron chi connectivity index (χ0n) is 15.4. The van der Waals surface area contributed by atoms with E-state index in [4.69, 9.17) is 11.6 Å². The van der Waals surface area contributed by atoms with Gasteiger partial charge in [-0.05, 0) is 42.2 Å². The van der Waals surface area contributed by atoms with E-state index in [-0.39, 0.29) is 43.9 Å². The number of piperazine rings is 1. The summed E-state index contributed by atoms with van der Waals surface area (Å²) in [5.41, 5.74) is 0.954. The van der Waals surface area contributed by atoms with Gasteiger partial charge < -0.3 is 4.90 Å². The number of halogens is 3. The van der Waals surface area contributed by atoms with Crippen LogP contribution in [0.1, 0.15) is 17.9 Å². The molecule has 2 aromatic rings. The minimum absolute atomic E-state index is 0.0242. The maximum Gasteiger partial charge on any atom is 0.246 e. The van der Waals surface area contributed by atoms with E-state index in [1.807, 2.05) is 18.2 Å². The van der Waals surface area contributed by atoms with Crippen molar-refractivity contribution in [3.05, 3.63) is 64.7 Å². The van der Waals surface area contributed by atoms with Gasteiger partial charge in [-0.15, -0.1) is 0 Å². The SMILES string of the molecule is O=C(C1CC1c1ccccc1Cl)N1CCN(S(=O)(=O)c2cc(F)ccc2F)CC1. The molecular weight excluding hydrogens is 422 g/mol. The highest BCUT2D eigenvalue weighted by atomic mass is 35.5. The summed E-state index contributed by atoms with van der Waals surface area (Å²) < 4.78 is 53.7. The predicted octanol–water partition coefficient (Wildman–Crippen LogP) is 3.25. The monoisotopic (exact) mass is 440 g/mol. The number of carbonyl (C=O) groups is 1. The maximum atomic E-state index is 13.9. The van der Waals surface area contributed by atoms with Gasteiger partial charge in [-0.25, -0.2) is 17.2 Å². The van der Waals surface area contributed by atoms with Crippen LogP contribution in [0.2, 0.25) is 5.02 Å². The predicted molar refractivity (Wildman–Crippen MR) is 104 cm³/mol. The number of amides is 1. The van der Waals surface area contributed by atoms with E-state index >= 15 is 0 Å². The highest BCUT2D eigenvalue weighted by Crippen LogP contribution is 2.50. The van der Waals surface area contributed by atoms with Gasteiger partial charge in [-0.1, -0.05) is 29.8 Å². The summed E-state index contributed by atoms with van der Waals surface area (Å²) in [5, 5.41) is 0.640. The molecule has 0 N–H and O–H groups in total. The molecule has 1 heterocycles. The molecule has 29 heavy (non-hydrogen) atoms. The fourth-order valence-corrected chi connectivity index (χ4v) is 5.56. The number of nitrogens with zero attached hydrogens (tertiary/aromatic N) is 2. The Morgan fingerprint density at radius 2 is 1.72 bits per heavy atom. The van der Waals surface area contributed by atoms with Gasteiger partial charge in [0.2, 0.25) is 15.9 Å². The van der Waals surface area contributed by atoms with E-state index < -0.39 is 26.6 Å². The van der Waals surface area contributed by atoms with Crippen LogP contribution < -0.4 is 0 Å². The van der Waals surface area contributed by atoms with Gasteiger partial charge in [-0.2, -0.15) is 4.31 Å². The zero-order valence-corrected chi connectivity index (χ0v) is 17.0. The van der Waals surface area contributed by atoms with Crippen molar-refractivity contribution in [1.82, 2.24) is 9.21 Å². The molecule has 2 atom stereocenters. The molecule has 1 aliphatic carbocycles. The van der Waals surface area contributed by atoms with Gasteiger partial charge in [0, 0.05) is 37.1 Å². The van der Waals surface area contributed by atoms with Crippen LogP contribution in [0.4, 0.5) is 8.78 Å². The third-order valence-electron chi connectivity index (χ3n) is 5.47. The first kappa shape index (κ1) is 20.3. The number of sulfonamides is 1. The van der Waals surface area contributed by atoms with E-state index in [1.165, 1.54) is 0 Å². The van der Waals surface area contributed by atoms with Crippen LogP contribution in [-0.4, -0.2) is 49.7 Å². The molecule has 2 fully saturated rings. The van der Waals surface area contributed by atoms with Crippen LogP contribution in [0.3, 0.4) is 0 Å². The van der Waals surface area contributed by atoms with E-state index in [0.717, 1.165) is 28.4 Å². The second kappa shape index (κ2) is 7.66. The van der Waals surface area contributed by atoms with Gasteiger partial charge in [0.05, 0.1) is 0 Å². The van der Waals surface area contributed by atoms with Crippen LogP contribution >= 0.6 is 11.6 Å². The molecule has 0 aromatic heterocycles. The molecule has 0 radical (unpaired) electrons. The second-order valence-electron chi connectivity index (χ2n) is 7.27. The summed E-state index contributed by atoms with van der Waals surface area (Å²) >= 11 is 6.21. The largest absolute Gasteiger partial charge is 0.340 e. The molecule has 1 saturated heterocycles. The first-order valence-electron chi connectivity index (χ1n) is 9.27. The zero-order chi connectivity index (χ0) is 20.8. The lowest BCUT2D eigenvalue weighted by molar-refractivity contribution is -0.133. The van der Waals surface area contributed by atoms with Gasteiger partial charge >= 0.3 is 0 Å². The Balaban J connectivity index is 1.40. The fourth-order valence-electron chi connectivity index (χ4n) is 3.78. The van der Waals surface area contributed by atoms with Crippen molar-refractivity contribution in [3.63, 3.8) is 0 Å². The Morgan fingerprint density at radius 3 is 2.41 bits per heavy atom. The third-order valence-corrected chi connectivity index (χ3v) is 7.73. The lowest BCUT2D eigenvalue weighted by Gasteiger charge is -2.34. The van der Waals surface area contributed by atoms with E-state index in [1.54, 1.807) is 11.0 Å². The first-order valence-corrected chi connectivity index (χ1v) is 11.1. The lowest BCUT2D eigenvalue weighted by Crippen LogP contribution is -2.51. The summed E-state index contributed by atoms with van der Waals surface area (Å²) in [6, 6.07) is 9.78. The number of hydrogen-bond acceptors (Lipinski definition) is 3. The fraction of sp³-hybridized carbons (Fsp3) is 0.350. The van der Waals surface area contributed by atoms with Crippen LogP contribution in [0, 0.1) is 17.6 Å². The number of hydrogen-bond donors (Lipinski definition) is 0. The van der Waals surface area contributed by atoms with E-state index in [9.17, 15) is 22.0 Å². The summed E-state index contributed by atoms with van der Waals surface area (Å²) in [5.74, 6) is -1.91. The minimum atomic E-state index is -4.17. The van der Waals surface area contributed by atoms with Crippen LogP contribution in [-0.2, 0) is 14.8 Å². The Morgan fingerprint density at radius 1 is 1.03 bits per heavy atom. The molecule has 2 aliphatic rings. The van der Waals surface area contributed by atoms with Crippen molar-refractivity contribution in [1.29, 1.82) is 0 Å². The molecule has 1 saturated carbocycles. The Kier molecular flexibility index (Phi) is 5.35. The van der Waals surface area contributed by atoms with Crippen LogP contribution in [0.5, 0.6) is 0 Å². The summed E-state index contributed by atoms with van der Waals surface area (Å²) in [4.78, 5) is 13.7. The van der Waals surface area contributed by atoms with E-state index in [2.05, 4.69) is 0 Å². The standard InChI is InChI=1S/C20H19ClF2N2O3S/c21-17-4-2-1-3-14(17)15-12-16(15)20(26)24-7-9-25(10-8-24)29(27,28)19-11-13(22)5-6-18(19)23/h1-6,11,15-16H,7-10,12H2. The highest BCUT2D eigenvalue weighted by Gasteiger charge is 2.47. The summed E-state index contributed by atoms with van der Waals surface area (Å²) in [6.07, 6.45) is 0.718. The van der Waals surface area contributed by atoms with Gasteiger partial charge in [0.15, 0.2) is 0 Å². The van der Waals surface area contributed by atoms with Crippen LogP contribution in [0.15, 0.2) is 47.4 Å². The second-order valence-corrected chi connectivity index (χ2v) is 9.59. The van der Waals surface area contributed by atoms with Crippen molar-refractivity contribution < 1.29 is 22.0 Å². The topological polar surface area (TPSA) is 57.7 Å². The smallest absolute Gasteiger partial charge is 0.246 e. The summed E-state index contributed by atoms with van der Waals surface area (Å²) in [6.45, 7) is 0.489. The van der Waals surface area contributed by atoms with Gasteiger partial charge in [0.25, 0.3) is 0 Å². The van der Waals surface area contributed by atoms with Crippen molar-refractivity contribution in [2.24, 2.45) is 5.92 Å².